The van der Waals surface area contributed by atoms with Crippen LogP contribution in [0, 0.1) is 62.1 Å². The van der Waals surface area contributed by atoms with Crippen molar-refractivity contribution in [3.63, 3.8) is 0 Å². The number of hydrogen-bond acceptors (Lipinski definition) is 7. The maximum Gasteiger partial charge on any atom is 0.307 e. The second-order valence-electron chi connectivity index (χ2n) is 21.5. The van der Waals surface area contributed by atoms with E-state index in [1.165, 1.54) is 5.57 Å². The predicted molar refractivity (Wildman–Crippen MR) is 207 cm³/mol. The van der Waals surface area contributed by atoms with E-state index in [0.717, 1.165) is 77.0 Å². The summed E-state index contributed by atoms with van der Waals surface area (Å²) in [6.07, 6.45) is 11.7. The summed E-state index contributed by atoms with van der Waals surface area (Å²) in [7, 11) is 0. The summed E-state index contributed by atoms with van der Waals surface area (Å²) in [5.74, 6) is 1.63. The zero-order valence-electron chi connectivity index (χ0n) is 35.0. The van der Waals surface area contributed by atoms with Gasteiger partial charge in [-0.25, -0.2) is 9.67 Å². The van der Waals surface area contributed by atoms with Crippen molar-refractivity contribution in [3.8, 4) is 0 Å². The van der Waals surface area contributed by atoms with Crippen LogP contribution >= 0.6 is 0 Å². The first kappa shape index (κ1) is 39.4. The highest BCUT2D eigenvalue weighted by Gasteiger charge is 2.73. The predicted octanol–water partition coefficient (Wildman–Crippen LogP) is 8.45. The summed E-state index contributed by atoms with van der Waals surface area (Å²) in [6.45, 7) is 28.3. The van der Waals surface area contributed by atoms with Gasteiger partial charge in [0.1, 0.15) is 12.2 Å². The van der Waals surface area contributed by atoms with Crippen LogP contribution in [0.1, 0.15) is 145 Å². The maximum atomic E-state index is 13.7. The Labute approximate surface area is 319 Å². The Kier molecular flexibility index (Phi) is 9.76. The topological polar surface area (TPSA) is 122 Å². The average molecular weight is 737 g/mol. The van der Waals surface area contributed by atoms with Crippen molar-refractivity contribution in [3.05, 3.63) is 23.8 Å². The number of rotatable bonds is 8. The van der Waals surface area contributed by atoms with Crippen LogP contribution in [-0.4, -0.2) is 70.5 Å². The van der Waals surface area contributed by atoms with Gasteiger partial charge in [-0.1, -0.05) is 80.9 Å². The Morgan fingerprint density at radius 3 is 2.36 bits per heavy atom. The van der Waals surface area contributed by atoms with Crippen LogP contribution in [0.25, 0.3) is 0 Å². The quantitative estimate of drug-likeness (QED) is 0.255. The lowest BCUT2D eigenvalue weighted by Gasteiger charge is -2.71. The lowest BCUT2D eigenvalue weighted by atomic mass is 9.34. The number of aliphatic carboxylic acids is 1. The first-order valence-corrected chi connectivity index (χ1v) is 21.1. The van der Waals surface area contributed by atoms with Crippen molar-refractivity contribution in [2.75, 3.05) is 33.0 Å². The van der Waals surface area contributed by atoms with E-state index in [-0.39, 0.29) is 50.6 Å². The molecule has 2 aliphatic heterocycles. The largest absolute Gasteiger partial charge is 0.481 e. The van der Waals surface area contributed by atoms with Crippen LogP contribution in [-0.2, 0) is 19.0 Å². The maximum absolute atomic E-state index is 13.7. The summed E-state index contributed by atoms with van der Waals surface area (Å²) < 4.78 is 22.3. The molecule has 0 aromatic carbocycles. The van der Waals surface area contributed by atoms with Crippen LogP contribution in [0.3, 0.4) is 0 Å². The molecular formula is C44H72N4O5. The molecule has 0 unspecified atom stereocenters. The minimum absolute atomic E-state index is 0.0367. The number of nitrogens with two attached hydrogens (primary N) is 1. The molecule has 3 N–H and O–H groups in total. The Balaban J connectivity index is 1.39. The van der Waals surface area contributed by atoms with Crippen molar-refractivity contribution in [1.29, 1.82) is 0 Å². The first-order chi connectivity index (χ1) is 24.7. The van der Waals surface area contributed by atoms with Crippen molar-refractivity contribution in [1.82, 2.24) is 14.8 Å². The monoisotopic (exact) mass is 737 g/mol. The number of carbonyl (C=O) groups is 1. The van der Waals surface area contributed by atoms with Gasteiger partial charge in [0.15, 0.2) is 0 Å². The lowest BCUT2D eigenvalue weighted by Crippen LogP contribution is -2.70. The molecule has 1 aromatic heterocycles. The molecule has 7 rings (SSSR count). The Bertz CT molecular complexity index is 1570. The molecule has 12 atom stereocenters. The smallest absolute Gasteiger partial charge is 0.307 e. The standard InChI is InChI=1S/C44H72N4O5/c1-27(2)28(3)40(8)18-19-41(9)30-12-13-33-39(7)22-32(48-36(46-26-47-48)29-15-20-51-21-16-29)35(53-24-43(11,45)38(4,5)6)44(33,25-52-23-39)31(30)14-17-42(41,10)34(40)37(49)50/h14,26-30,32-35H,12-13,15-25,45H2,1-11H3,(H,49,50)/t28-,30+,32-,33-,34-,35+,39-,40-,41-,42+,43+,44+/m1/s1. The van der Waals surface area contributed by atoms with Crippen LogP contribution in [0.4, 0.5) is 0 Å². The molecule has 9 heteroatoms. The minimum atomic E-state index is -0.624. The van der Waals surface area contributed by atoms with Gasteiger partial charge in [0.05, 0.1) is 37.9 Å². The van der Waals surface area contributed by atoms with Crippen molar-refractivity contribution < 1.29 is 24.1 Å². The van der Waals surface area contributed by atoms with E-state index < -0.39 is 17.4 Å². The van der Waals surface area contributed by atoms with E-state index >= 15 is 0 Å². The number of carboxylic acids is 1. The van der Waals surface area contributed by atoms with E-state index in [1.807, 2.05) is 0 Å². The van der Waals surface area contributed by atoms with Crippen molar-refractivity contribution >= 4 is 5.97 Å². The third kappa shape index (κ3) is 5.68. The highest BCUT2D eigenvalue weighted by Crippen LogP contribution is 2.75. The molecule has 9 nitrogen and oxygen atoms in total. The number of hydrogen-bond donors (Lipinski definition) is 2. The molecule has 53 heavy (non-hydrogen) atoms. The molecule has 0 spiro atoms. The first-order valence-electron chi connectivity index (χ1n) is 21.1. The fourth-order valence-electron chi connectivity index (χ4n) is 13.3. The fraction of sp³-hybridized carbons (Fsp3) is 0.886. The van der Waals surface area contributed by atoms with Gasteiger partial charge in [-0.15, -0.1) is 0 Å². The molecule has 0 amide bonds. The van der Waals surface area contributed by atoms with Gasteiger partial charge in [0.25, 0.3) is 0 Å². The van der Waals surface area contributed by atoms with E-state index in [4.69, 9.17) is 30.0 Å². The molecule has 3 heterocycles. The van der Waals surface area contributed by atoms with E-state index in [2.05, 4.69) is 86.9 Å². The van der Waals surface area contributed by atoms with E-state index in [1.54, 1.807) is 6.33 Å². The van der Waals surface area contributed by atoms with Gasteiger partial charge in [-0.2, -0.15) is 5.10 Å². The Morgan fingerprint density at radius 1 is 1.02 bits per heavy atom. The molecule has 6 aliphatic rings. The normalized spacial score (nSPS) is 43.6. The number of allylic oxidation sites excluding steroid dienone is 1. The Morgan fingerprint density at radius 2 is 1.72 bits per heavy atom. The molecule has 4 aliphatic carbocycles. The number of nitrogens with zero attached hydrogens (tertiary/aromatic N) is 3. The molecule has 298 valence electrons. The van der Waals surface area contributed by atoms with Crippen LogP contribution in [0.15, 0.2) is 18.0 Å². The van der Waals surface area contributed by atoms with E-state index in [9.17, 15) is 9.90 Å². The van der Waals surface area contributed by atoms with Gasteiger partial charge in [-0.3, -0.25) is 4.79 Å². The van der Waals surface area contributed by atoms with Crippen molar-refractivity contribution in [2.45, 2.75) is 151 Å². The van der Waals surface area contributed by atoms with Gasteiger partial charge in [0.2, 0.25) is 0 Å². The molecular weight excluding hydrogens is 665 g/mol. The van der Waals surface area contributed by atoms with Gasteiger partial charge in [-0.05, 0) is 109 Å². The molecule has 3 saturated carbocycles. The SMILES string of the molecule is CC(C)[C@@H](C)[C@@]1(C)CC[C@]2(C)[C@H]3CC[C@@H]4[C@@]5(C)COC[C@@]4(C3=CC[C@@]2(C)[C@@H]1C(=O)O)[C@@H](OC[C@](C)(N)C(C)(C)C)[C@H](n1ncnc1C1CCOCC1)C5. The van der Waals surface area contributed by atoms with Crippen LogP contribution in [0.2, 0.25) is 0 Å². The lowest BCUT2D eigenvalue weighted by molar-refractivity contribution is -0.255. The molecule has 0 radical (unpaired) electrons. The summed E-state index contributed by atoms with van der Waals surface area (Å²) >= 11 is 0. The molecule has 1 aromatic rings. The third-order valence-corrected chi connectivity index (χ3v) is 17.8. The second-order valence-corrected chi connectivity index (χ2v) is 21.5. The number of ether oxygens (including phenoxy) is 3. The summed E-state index contributed by atoms with van der Waals surface area (Å²) in [5, 5.41) is 16.3. The minimum Gasteiger partial charge on any atom is -0.481 e. The summed E-state index contributed by atoms with van der Waals surface area (Å²) in [5.41, 5.74) is 6.55. The number of aromatic nitrogens is 3. The number of fused-ring (bicyclic) bond motifs is 3. The summed E-state index contributed by atoms with van der Waals surface area (Å²) in [4.78, 5) is 18.6. The highest BCUT2D eigenvalue weighted by molar-refractivity contribution is 5.73. The fourth-order valence-corrected chi connectivity index (χ4v) is 13.3. The molecule has 2 bridgehead atoms. The van der Waals surface area contributed by atoms with Crippen molar-refractivity contribution in [2.24, 2.45) is 67.8 Å². The average Bonchev–Trinajstić information content (AvgIpc) is 3.57. The second kappa shape index (κ2) is 13.1. The Hall–Kier alpha value is -1.81. The zero-order chi connectivity index (χ0) is 38.6. The number of carboxylic acid groups (broad SMARTS) is 1. The molecule has 5 fully saturated rings. The van der Waals surface area contributed by atoms with E-state index in [0.29, 0.717) is 36.9 Å². The van der Waals surface area contributed by atoms with Gasteiger partial charge < -0.3 is 25.1 Å². The van der Waals surface area contributed by atoms with Crippen LogP contribution in [0.5, 0.6) is 0 Å². The third-order valence-electron chi connectivity index (χ3n) is 17.8. The molecule has 2 saturated heterocycles. The summed E-state index contributed by atoms with van der Waals surface area (Å²) in [6, 6.07) is -0.0367. The van der Waals surface area contributed by atoms with Gasteiger partial charge >= 0.3 is 5.97 Å². The highest BCUT2D eigenvalue weighted by atomic mass is 16.5. The van der Waals surface area contributed by atoms with Gasteiger partial charge in [0, 0.05) is 30.1 Å². The van der Waals surface area contributed by atoms with Crippen LogP contribution < -0.4 is 5.73 Å². The zero-order valence-corrected chi connectivity index (χ0v) is 35.0.